The number of hydrogen-bond acceptors (Lipinski definition) is 6. The van der Waals surface area contributed by atoms with Crippen LogP contribution >= 0.6 is 0 Å². The first-order chi connectivity index (χ1) is 17.5. The van der Waals surface area contributed by atoms with Crippen molar-refractivity contribution < 1.29 is 27.8 Å². The van der Waals surface area contributed by atoms with Gasteiger partial charge in [0.15, 0.2) is 0 Å². The zero-order valence-corrected chi connectivity index (χ0v) is 21.7. The van der Waals surface area contributed by atoms with E-state index in [1.165, 1.54) is 13.2 Å². The number of hydrogen-bond donors (Lipinski definition) is 1. The molecule has 0 saturated heterocycles. The van der Waals surface area contributed by atoms with Crippen LogP contribution in [0.25, 0.3) is 11.1 Å². The number of nitrogens with zero attached hydrogens (tertiary/aromatic N) is 2. The Morgan fingerprint density at radius 2 is 1.89 bits per heavy atom. The van der Waals surface area contributed by atoms with Crippen LogP contribution in [0.2, 0.25) is 0 Å². The second kappa shape index (κ2) is 10.2. The number of carboxylic acids is 1. The van der Waals surface area contributed by atoms with E-state index in [4.69, 9.17) is 9.47 Å². The van der Waals surface area contributed by atoms with Gasteiger partial charge in [-0.05, 0) is 85.8 Å². The first-order valence-corrected chi connectivity index (χ1v) is 13.2. The summed E-state index contributed by atoms with van der Waals surface area (Å²) >= 11 is 0. The van der Waals surface area contributed by atoms with Crippen LogP contribution in [0.5, 0.6) is 11.5 Å². The van der Waals surface area contributed by atoms with E-state index < -0.39 is 22.5 Å². The van der Waals surface area contributed by atoms with E-state index in [0.717, 1.165) is 27.4 Å². The Hall–Kier alpha value is -3.87. The van der Waals surface area contributed by atoms with Crippen LogP contribution in [-0.4, -0.2) is 43.1 Å². The summed E-state index contributed by atoms with van der Waals surface area (Å²) in [7, 11) is -2.70. The minimum absolute atomic E-state index is 0.00708. The van der Waals surface area contributed by atoms with Gasteiger partial charge in [0.05, 0.1) is 23.6 Å². The molecule has 0 atom stereocenters. The zero-order chi connectivity index (χ0) is 26.8. The van der Waals surface area contributed by atoms with E-state index in [9.17, 15) is 23.6 Å². The third-order valence-corrected chi connectivity index (χ3v) is 8.10. The number of aliphatic carboxylic acids is 1. The monoisotopic (exact) mass is 520 g/mol. The molecule has 4 rings (SSSR count). The van der Waals surface area contributed by atoms with Crippen LogP contribution < -0.4 is 9.47 Å². The second-order valence-electron chi connectivity index (χ2n) is 9.52. The lowest BCUT2D eigenvalue weighted by Gasteiger charge is -2.33. The van der Waals surface area contributed by atoms with Gasteiger partial charge in [0.2, 0.25) is 10.0 Å². The van der Waals surface area contributed by atoms with Gasteiger partial charge in [-0.2, -0.15) is 9.57 Å². The van der Waals surface area contributed by atoms with E-state index in [1.54, 1.807) is 48.5 Å². The van der Waals surface area contributed by atoms with Gasteiger partial charge in [0.1, 0.15) is 23.6 Å². The highest BCUT2D eigenvalue weighted by molar-refractivity contribution is 7.89. The molecule has 0 fully saturated rings. The third-order valence-electron chi connectivity index (χ3n) is 6.32. The highest BCUT2D eigenvalue weighted by atomic mass is 32.2. The fourth-order valence-electron chi connectivity index (χ4n) is 4.36. The molecule has 0 unspecified atom stereocenters. The summed E-state index contributed by atoms with van der Waals surface area (Å²) in [6.45, 7) is 3.02. The molecule has 37 heavy (non-hydrogen) atoms. The van der Waals surface area contributed by atoms with Crippen molar-refractivity contribution in [3.8, 4) is 28.7 Å². The number of carboxylic acid groups (broad SMARTS) is 1. The molecule has 9 heteroatoms. The van der Waals surface area contributed by atoms with E-state index in [2.05, 4.69) is 6.07 Å². The standard InChI is InChI=1S/C28H28N2O6S/c1-28(2)12-11-22-15-24(8-10-26(22)36-28)37(33,34)30(18-27(31)32)17-23-14-21(7-9-25(23)35-3)20-6-4-5-19(13-20)16-29/h4-10,13-15H,11-12,17-18H2,1-3H3,(H,31,32). The maximum atomic E-state index is 13.7. The molecule has 0 aromatic heterocycles. The number of nitriles is 1. The van der Waals surface area contributed by atoms with Crippen molar-refractivity contribution in [2.45, 2.75) is 43.7 Å². The lowest BCUT2D eigenvalue weighted by Crippen LogP contribution is -2.36. The normalized spacial score (nSPS) is 14.4. The first kappa shape index (κ1) is 26.2. The molecule has 8 nitrogen and oxygen atoms in total. The molecule has 3 aromatic carbocycles. The van der Waals surface area contributed by atoms with Crippen LogP contribution in [0.1, 0.15) is 37.0 Å². The molecular formula is C28H28N2O6S. The van der Waals surface area contributed by atoms with E-state index >= 15 is 0 Å². The molecular weight excluding hydrogens is 492 g/mol. The van der Waals surface area contributed by atoms with Crippen molar-refractivity contribution in [1.82, 2.24) is 4.31 Å². The van der Waals surface area contributed by atoms with Gasteiger partial charge in [-0.25, -0.2) is 8.42 Å². The van der Waals surface area contributed by atoms with Crippen molar-refractivity contribution >= 4 is 16.0 Å². The number of aryl methyl sites for hydroxylation is 1. The highest BCUT2D eigenvalue weighted by Crippen LogP contribution is 2.35. The van der Waals surface area contributed by atoms with Crippen molar-refractivity contribution in [2.24, 2.45) is 0 Å². The van der Waals surface area contributed by atoms with Crippen LogP contribution in [0.3, 0.4) is 0 Å². The maximum absolute atomic E-state index is 13.7. The predicted octanol–water partition coefficient (Wildman–Crippen LogP) is 4.61. The summed E-state index contributed by atoms with van der Waals surface area (Å²) in [5.41, 5.74) is 2.94. The minimum Gasteiger partial charge on any atom is -0.496 e. The Labute approximate surface area is 216 Å². The number of carbonyl (C=O) groups is 1. The van der Waals surface area contributed by atoms with Crippen LogP contribution in [0.4, 0.5) is 0 Å². The zero-order valence-electron chi connectivity index (χ0n) is 20.9. The molecule has 0 saturated carbocycles. The number of ether oxygens (including phenoxy) is 2. The lowest BCUT2D eigenvalue weighted by atomic mass is 9.94. The number of methoxy groups -OCH3 is 1. The molecule has 1 heterocycles. The average molecular weight is 521 g/mol. The molecule has 3 aromatic rings. The summed E-state index contributed by atoms with van der Waals surface area (Å²) in [5.74, 6) is -0.218. The summed E-state index contributed by atoms with van der Waals surface area (Å²) in [5, 5.41) is 18.8. The molecule has 1 aliphatic rings. The number of rotatable bonds is 8. The first-order valence-electron chi connectivity index (χ1n) is 11.7. The quantitative estimate of drug-likeness (QED) is 0.461. The van der Waals surface area contributed by atoms with Gasteiger partial charge in [-0.15, -0.1) is 0 Å². The van der Waals surface area contributed by atoms with E-state index in [1.807, 2.05) is 19.9 Å². The summed E-state index contributed by atoms with van der Waals surface area (Å²) in [6, 6.07) is 19.0. The van der Waals surface area contributed by atoms with Gasteiger partial charge < -0.3 is 14.6 Å². The number of sulfonamides is 1. The maximum Gasteiger partial charge on any atom is 0.318 e. The fraction of sp³-hybridized carbons (Fsp3) is 0.286. The van der Waals surface area contributed by atoms with E-state index in [-0.39, 0.29) is 17.0 Å². The number of fused-ring (bicyclic) bond motifs is 1. The van der Waals surface area contributed by atoms with Crippen LogP contribution in [0.15, 0.2) is 65.6 Å². The van der Waals surface area contributed by atoms with Gasteiger partial charge in [0, 0.05) is 12.1 Å². The van der Waals surface area contributed by atoms with Crippen molar-refractivity contribution in [1.29, 1.82) is 5.26 Å². The highest BCUT2D eigenvalue weighted by Gasteiger charge is 2.31. The molecule has 192 valence electrons. The van der Waals surface area contributed by atoms with Gasteiger partial charge in [-0.3, -0.25) is 4.79 Å². The predicted molar refractivity (Wildman–Crippen MR) is 138 cm³/mol. The molecule has 0 bridgehead atoms. The molecule has 0 spiro atoms. The Bertz CT molecular complexity index is 1490. The summed E-state index contributed by atoms with van der Waals surface area (Å²) in [4.78, 5) is 11.7. The van der Waals surface area contributed by atoms with E-state index in [0.29, 0.717) is 29.0 Å². The molecule has 0 aliphatic carbocycles. The summed E-state index contributed by atoms with van der Waals surface area (Å²) < 4.78 is 39.7. The molecule has 0 amide bonds. The molecule has 1 N–H and O–H groups in total. The van der Waals surface area contributed by atoms with Crippen molar-refractivity contribution in [3.63, 3.8) is 0 Å². The van der Waals surface area contributed by atoms with Crippen molar-refractivity contribution in [3.05, 3.63) is 77.4 Å². The fourth-order valence-corrected chi connectivity index (χ4v) is 5.78. The number of benzene rings is 3. The minimum atomic E-state index is -4.17. The Morgan fingerprint density at radius 3 is 2.59 bits per heavy atom. The van der Waals surface area contributed by atoms with Gasteiger partial charge in [-0.1, -0.05) is 18.2 Å². The Morgan fingerprint density at radius 1 is 1.14 bits per heavy atom. The largest absolute Gasteiger partial charge is 0.496 e. The lowest BCUT2D eigenvalue weighted by molar-refractivity contribution is -0.137. The van der Waals surface area contributed by atoms with Gasteiger partial charge in [0.25, 0.3) is 0 Å². The summed E-state index contributed by atoms with van der Waals surface area (Å²) in [6.07, 6.45) is 1.39. The van der Waals surface area contributed by atoms with Crippen LogP contribution in [-0.2, 0) is 27.8 Å². The van der Waals surface area contributed by atoms with Gasteiger partial charge >= 0.3 is 5.97 Å². The van der Waals surface area contributed by atoms with Crippen molar-refractivity contribution in [2.75, 3.05) is 13.7 Å². The topological polar surface area (TPSA) is 117 Å². The Balaban J connectivity index is 1.72. The molecule has 0 radical (unpaired) electrons. The average Bonchev–Trinajstić information content (AvgIpc) is 2.87. The third kappa shape index (κ3) is 5.77. The van der Waals surface area contributed by atoms with Crippen LogP contribution in [0, 0.1) is 11.3 Å². The second-order valence-corrected chi connectivity index (χ2v) is 11.5. The molecule has 1 aliphatic heterocycles. The SMILES string of the molecule is COc1ccc(-c2cccc(C#N)c2)cc1CN(CC(=O)O)S(=O)(=O)c1ccc2c(c1)CCC(C)(C)O2. The Kier molecular flexibility index (Phi) is 7.25. The smallest absolute Gasteiger partial charge is 0.318 e.